The SMILES string of the molecule is [C-]#[N+]c1c(NCCCNc2nc(F)nc(Nc3cc(S(=O)(=O)O)cc(N/N=C(\N=Nc4cc(C)ccc4C=O)c4ccccc4)c3O)n2)nc(NCCC)c(N=NC)c1C. The summed E-state index contributed by atoms with van der Waals surface area (Å²) in [5, 5.41) is 43.7. The fourth-order valence-corrected chi connectivity index (χ4v) is 5.89. The van der Waals surface area contributed by atoms with E-state index in [0.717, 1.165) is 24.1 Å². The second-order valence-corrected chi connectivity index (χ2v) is 14.1. The Morgan fingerprint density at radius 1 is 0.917 bits per heavy atom. The molecule has 0 saturated heterocycles. The van der Waals surface area contributed by atoms with Gasteiger partial charge in [0.2, 0.25) is 23.4 Å². The van der Waals surface area contributed by atoms with E-state index in [1.165, 1.54) is 7.05 Å². The number of aldehydes is 1. The summed E-state index contributed by atoms with van der Waals surface area (Å²) < 4.78 is 49.2. The van der Waals surface area contributed by atoms with Crippen LogP contribution in [0.25, 0.3) is 4.85 Å². The monoisotopic (exact) mass is 837 g/mol. The van der Waals surface area contributed by atoms with Gasteiger partial charge in [0, 0.05) is 37.8 Å². The maximum Gasteiger partial charge on any atom is 0.315 e. The van der Waals surface area contributed by atoms with Crippen LogP contribution in [0.2, 0.25) is 0 Å². The van der Waals surface area contributed by atoms with Gasteiger partial charge in [0.15, 0.2) is 17.9 Å². The fourth-order valence-electron chi connectivity index (χ4n) is 5.36. The van der Waals surface area contributed by atoms with Crippen molar-refractivity contribution < 1.29 is 27.3 Å². The lowest BCUT2D eigenvalue weighted by Crippen LogP contribution is -2.14. The number of phenolic OH excluding ortho intramolecular Hbond substituents is 1. The van der Waals surface area contributed by atoms with E-state index in [4.69, 9.17) is 6.57 Å². The Kier molecular flexibility index (Phi) is 14.7. The van der Waals surface area contributed by atoms with E-state index < -0.39 is 32.8 Å². The molecule has 0 radical (unpaired) electrons. The Hall–Kier alpha value is -7.51. The molecule has 0 aliphatic rings. The molecule has 0 spiro atoms. The normalized spacial score (nSPS) is 11.7. The van der Waals surface area contributed by atoms with Crippen LogP contribution in [-0.2, 0) is 10.1 Å². The highest BCUT2D eigenvalue weighted by molar-refractivity contribution is 7.85. The first-order valence-electron chi connectivity index (χ1n) is 18.2. The van der Waals surface area contributed by atoms with Crippen molar-refractivity contribution in [2.24, 2.45) is 25.6 Å². The van der Waals surface area contributed by atoms with Crippen molar-refractivity contribution in [1.29, 1.82) is 0 Å². The Bertz CT molecular complexity index is 2600. The number of aromatic hydroxyl groups is 1. The highest BCUT2D eigenvalue weighted by atomic mass is 32.2. The molecule has 0 fully saturated rings. The number of carbonyl (C=O) groups excluding carboxylic acids is 1. The van der Waals surface area contributed by atoms with Crippen LogP contribution in [0.5, 0.6) is 5.75 Å². The summed E-state index contributed by atoms with van der Waals surface area (Å²) in [4.78, 5) is 30.5. The van der Waals surface area contributed by atoms with Crippen LogP contribution in [0.15, 0.2) is 91.1 Å². The molecule has 3 aromatic carbocycles. The number of azo groups is 2. The van der Waals surface area contributed by atoms with E-state index in [9.17, 15) is 27.3 Å². The second-order valence-electron chi connectivity index (χ2n) is 12.7. The van der Waals surface area contributed by atoms with Crippen LogP contribution in [-0.4, -0.2) is 76.8 Å². The number of hydrogen-bond donors (Lipinski definition) is 7. The number of phenols is 1. The van der Waals surface area contributed by atoms with Gasteiger partial charge in [-0.15, -0.1) is 10.2 Å². The summed E-state index contributed by atoms with van der Waals surface area (Å²) in [5.41, 5.74) is 5.08. The van der Waals surface area contributed by atoms with Crippen LogP contribution in [0.3, 0.4) is 0 Å². The van der Waals surface area contributed by atoms with E-state index >= 15 is 0 Å². The number of aryl methyl sites for hydroxylation is 1. The first kappa shape index (κ1) is 43.6. The molecular weight excluding hydrogens is 798 g/mol. The average Bonchev–Trinajstić information content (AvgIpc) is 3.22. The maximum atomic E-state index is 14.7. The predicted molar refractivity (Wildman–Crippen MR) is 225 cm³/mol. The van der Waals surface area contributed by atoms with Crippen molar-refractivity contribution in [2.45, 2.75) is 38.5 Å². The van der Waals surface area contributed by atoms with Gasteiger partial charge in [-0.1, -0.05) is 43.3 Å². The summed E-state index contributed by atoms with van der Waals surface area (Å²) >= 11 is 0. The molecule has 2 heterocycles. The third kappa shape index (κ3) is 11.3. The van der Waals surface area contributed by atoms with Crippen LogP contribution in [0.4, 0.5) is 56.4 Å². The molecule has 0 unspecified atom stereocenters. The quantitative estimate of drug-likeness (QED) is 0.00506. The maximum absolute atomic E-state index is 14.7. The van der Waals surface area contributed by atoms with Crippen molar-refractivity contribution in [2.75, 3.05) is 53.4 Å². The molecule has 0 saturated carbocycles. The van der Waals surface area contributed by atoms with Gasteiger partial charge < -0.3 is 26.4 Å². The first-order valence-corrected chi connectivity index (χ1v) is 19.6. The molecule has 2 aromatic heterocycles. The highest BCUT2D eigenvalue weighted by Gasteiger charge is 2.20. The number of halogens is 1. The molecule has 0 aliphatic carbocycles. The second kappa shape index (κ2) is 20.3. The van der Waals surface area contributed by atoms with E-state index in [1.54, 1.807) is 55.5 Å². The molecule has 0 bridgehead atoms. The van der Waals surface area contributed by atoms with Gasteiger partial charge in [-0.2, -0.15) is 43.1 Å². The molecule has 5 rings (SSSR count). The molecule has 7 N–H and O–H groups in total. The Labute approximate surface area is 344 Å². The van der Waals surface area contributed by atoms with Gasteiger partial charge in [0.1, 0.15) is 17.2 Å². The average molecular weight is 838 g/mol. The summed E-state index contributed by atoms with van der Waals surface area (Å²) in [6.07, 6.45) is 0.701. The number of hydrazone groups is 1. The van der Waals surface area contributed by atoms with Crippen molar-refractivity contribution >= 4 is 74.2 Å². The lowest BCUT2D eigenvalue weighted by Gasteiger charge is -2.15. The summed E-state index contributed by atoms with van der Waals surface area (Å²) in [5.74, 6) is -0.434. The zero-order valence-electron chi connectivity index (χ0n) is 32.8. The number of nitrogens with zero attached hydrogens (tertiary/aromatic N) is 10. The number of amidine groups is 1. The zero-order valence-corrected chi connectivity index (χ0v) is 33.6. The standard InChI is InChI=1S/C38H40FN15O5S/c1-6-15-42-35-31(52-41-5)23(3)30(40-4)34(46-35)43-16-10-17-44-37-47-36(39)48-38(49-37)45-28-19-26(60(57,58)59)20-29(32(28)56)51-54-33(24-11-8-7-9-12-24)53-50-27-18-22(2)13-14-25(27)21-55/h7-9,11-14,18-21,51,56H,6,10,15-17H2,1-3,5H3,(H2,42,43,46)(H,57,58,59)(H2,44,45,47,48,49)/b52-41?,53-50?,54-33-. The minimum atomic E-state index is -4.87. The number of benzene rings is 3. The van der Waals surface area contributed by atoms with Gasteiger partial charge in [0.05, 0.1) is 22.8 Å². The van der Waals surface area contributed by atoms with Crippen LogP contribution in [0, 0.1) is 26.5 Å². The van der Waals surface area contributed by atoms with Crippen LogP contribution < -0.4 is 26.7 Å². The highest BCUT2D eigenvalue weighted by Crippen LogP contribution is 2.40. The number of carbonyl (C=O) groups is 1. The van der Waals surface area contributed by atoms with E-state index in [1.807, 2.05) is 13.8 Å². The summed E-state index contributed by atoms with van der Waals surface area (Å²) in [7, 11) is -3.34. The van der Waals surface area contributed by atoms with E-state index in [2.05, 4.69) is 77.0 Å². The Morgan fingerprint density at radius 2 is 1.63 bits per heavy atom. The topological polar surface area (TPSA) is 270 Å². The number of nitrogens with one attached hydrogen (secondary N) is 5. The van der Waals surface area contributed by atoms with Crippen molar-refractivity contribution in [3.63, 3.8) is 0 Å². The molecule has 0 aliphatic heterocycles. The third-order valence-corrected chi connectivity index (χ3v) is 9.11. The van der Waals surface area contributed by atoms with Gasteiger partial charge in [-0.3, -0.25) is 14.8 Å². The number of rotatable bonds is 18. The molecule has 22 heteroatoms. The van der Waals surface area contributed by atoms with Gasteiger partial charge >= 0.3 is 6.08 Å². The third-order valence-electron chi connectivity index (χ3n) is 8.28. The number of hydrogen-bond acceptors (Lipinski definition) is 17. The van der Waals surface area contributed by atoms with Crippen molar-refractivity contribution in [3.8, 4) is 5.75 Å². The number of pyridine rings is 1. The zero-order chi connectivity index (χ0) is 43.2. The molecule has 5 aromatic rings. The van der Waals surface area contributed by atoms with Crippen LogP contribution >= 0.6 is 0 Å². The lowest BCUT2D eigenvalue weighted by molar-refractivity contribution is 0.112. The van der Waals surface area contributed by atoms with Gasteiger partial charge in [0.25, 0.3) is 10.1 Å². The Morgan fingerprint density at radius 3 is 2.33 bits per heavy atom. The van der Waals surface area contributed by atoms with Gasteiger partial charge in [-0.05, 0) is 62.1 Å². The van der Waals surface area contributed by atoms with E-state index in [-0.39, 0.29) is 41.0 Å². The summed E-state index contributed by atoms with van der Waals surface area (Å²) in [6.45, 7) is 14.5. The molecule has 20 nitrogen and oxygen atoms in total. The largest absolute Gasteiger partial charge is 0.504 e. The van der Waals surface area contributed by atoms with Crippen molar-refractivity contribution in [3.05, 3.63) is 100 Å². The van der Waals surface area contributed by atoms with E-state index in [0.29, 0.717) is 59.9 Å². The molecule has 310 valence electrons. The molecular formula is C38H40FN15O5S. The fraction of sp³-hybridized carbons (Fsp3) is 0.237. The molecule has 0 amide bonds. The summed E-state index contributed by atoms with van der Waals surface area (Å²) in [6, 6.07) is 15.3. The Balaban J connectivity index is 1.34. The van der Waals surface area contributed by atoms with Gasteiger partial charge in [-0.25, -0.2) is 9.83 Å². The molecule has 60 heavy (non-hydrogen) atoms. The van der Waals surface area contributed by atoms with Crippen LogP contribution in [0.1, 0.15) is 46.8 Å². The lowest BCUT2D eigenvalue weighted by atomic mass is 10.1. The first-order chi connectivity index (χ1) is 28.8. The number of aromatic nitrogens is 4. The predicted octanol–water partition coefficient (Wildman–Crippen LogP) is 8.09. The smallest absolute Gasteiger partial charge is 0.315 e. The minimum absolute atomic E-state index is 0.0327. The van der Waals surface area contributed by atoms with Crippen molar-refractivity contribution in [1.82, 2.24) is 19.9 Å². The minimum Gasteiger partial charge on any atom is -0.504 e. The molecule has 0 atom stereocenters. The number of anilines is 6.